The summed E-state index contributed by atoms with van der Waals surface area (Å²) in [6, 6.07) is 4.52. The largest absolute Gasteiger partial charge is 0.497 e. The Balaban J connectivity index is 3.01. The van der Waals surface area contributed by atoms with Crippen LogP contribution in [0.15, 0.2) is 24.3 Å². The van der Waals surface area contributed by atoms with Crippen molar-refractivity contribution in [2.24, 2.45) is 0 Å². The van der Waals surface area contributed by atoms with Crippen LogP contribution in [0.25, 0.3) is 6.08 Å². The third-order valence-corrected chi connectivity index (χ3v) is 2.15. The summed E-state index contributed by atoms with van der Waals surface area (Å²) < 4.78 is 9.84. The first-order valence-corrected chi connectivity index (χ1v) is 5.30. The maximum absolute atomic E-state index is 10.9. The summed E-state index contributed by atoms with van der Waals surface area (Å²) in [6.07, 6.45) is 2.84. The van der Waals surface area contributed by atoms with E-state index in [-0.39, 0.29) is 11.6 Å². The molecule has 1 aromatic carbocycles. The van der Waals surface area contributed by atoms with Crippen molar-refractivity contribution in [3.63, 3.8) is 0 Å². The molecule has 0 heterocycles. The first-order chi connectivity index (χ1) is 8.58. The molecule has 0 bridgehead atoms. The van der Waals surface area contributed by atoms with Gasteiger partial charge in [-0.2, -0.15) is 0 Å². The minimum absolute atomic E-state index is 0.0392. The molecular formula is C12H14N2O4. The number of nitrogens with one attached hydrogen (secondary N) is 1. The highest BCUT2D eigenvalue weighted by molar-refractivity contribution is 5.90. The van der Waals surface area contributed by atoms with Crippen molar-refractivity contribution in [3.8, 4) is 5.75 Å². The summed E-state index contributed by atoms with van der Waals surface area (Å²) >= 11 is 0. The smallest absolute Gasteiger partial charge is 0.280 e. The number of nitro groups is 1. The summed E-state index contributed by atoms with van der Waals surface area (Å²) in [7, 11) is 1.44. The number of hydrogen-bond donors (Lipinski definition) is 1. The quantitative estimate of drug-likeness (QED) is 0.376. The molecule has 1 aromatic rings. The number of hydrogen-bond acceptors (Lipinski definition) is 5. The van der Waals surface area contributed by atoms with Crippen LogP contribution in [0.2, 0.25) is 0 Å². The number of benzene rings is 1. The van der Waals surface area contributed by atoms with Crippen LogP contribution in [0.5, 0.6) is 5.75 Å². The Bertz CT molecular complexity index is 483. The lowest BCUT2D eigenvalue weighted by atomic mass is 10.1. The predicted molar refractivity (Wildman–Crippen MR) is 68.0 cm³/mol. The first kappa shape index (κ1) is 13.7. The molecule has 0 saturated heterocycles. The van der Waals surface area contributed by atoms with E-state index in [0.717, 1.165) is 0 Å². The molecule has 0 radical (unpaired) electrons. The second kappa shape index (κ2) is 6.39. The fraction of sp³-hybridized carbons (Fsp3) is 0.250. The Kier molecular flexibility index (Phi) is 4.86. The van der Waals surface area contributed by atoms with Crippen molar-refractivity contribution in [1.82, 2.24) is 0 Å². The van der Waals surface area contributed by atoms with E-state index in [4.69, 9.17) is 14.9 Å². The van der Waals surface area contributed by atoms with Crippen LogP contribution >= 0.6 is 0 Å². The van der Waals surface area contributed by atoms with E-state index >= 15 is 0 Å². The van der Waals surface area contributed by atoms with Crippen LogP contribution in [0, 0.1) is 15.5 Å². The van der Waals surface area contributed by atoms with Crippen LogP contribution in [0.4, 0.5) is 5.69 Å². The van der Waals surface area contributed by atoms with Gasteiger partial charge in [-0.15, -0.1) is 0 Å². The van der Waals surface area contributed by atoms with Crippen LogP contribution in [0.3, 0.4) is 0 Å². The van der Waals surface area contributed by atoms with Crippen LogP contribution in [0.1, 0.15) is 12.5 Å². The van der Waals surface area contributed by atoms with E-state index in [1.807, 2.05) is 0 Å². The molecule has 0 aliphatic rings. The van der Waals surface area contributed by atoms with Gasteiger partial charge in [0.1, 0.15) is 5.75 Å². The lowest BCUT2D eigenvalue weighted by molar-refractivity contribution is -0.385. The van der Waals surface area contributed by atoms with Crippen LogP contribution in [-0.4, -0.2) is 24.5 Å². The van der Waals surface area contributed by atoms with Gasteiger partial charge in [0.05, 0.1) is 30.3 Å². The molecule has 6 nitrogen and oxygen atoms in total. The molecule has 6 heteroatoms. The van der Waals surface area contributed by atoms with E-state index in [0.29, 0.717) is 17.9 Å². The molecule has 0 amide bonds. The lowest BCUT2D eigenvalue weighted by Gasteiger charge is -2.02. The van der Waals surface area contributed by atoms with Gasteiger partial charge >= 0.3 is 0 Å². The molecule has 0 unspecified atom stereocenters. The van der Waals surface area contributed by atoms with Crippen molar-refractivity contribution in [1.29, 1.82) is 5.41 Å². The highest BCUT2D eigenvalue weighted by Crippen LogP contribution is 2.25. The van der Waals surface area contributed by atoms with Gasteiger partial charge in [-0.3, -0.25) is 15.5 Å². The monoisotopic (exact) mass is 250 g/mol. The topological polar surface area (TPSA) is 85.5 Å². The molecule has 18 heavy (non-hydrogen) atoms. The minimum atomic E-state index is -0.494. The molecule has 0 aliphatic heterocycles. The van der Waals surface area contributed by atoms with Crippen LogP contribution in [-0.2, 0) is 4.74 Å². The average Bonchev–Trinajstić information content (AvgIpc) is 2.36. The van der Waals surface area contributed by atoms with Crippen molar-refractivity contribution >= 4 is 17.7 Å². The SMILES string of the molecule is CCOC(=N)/C=C/c1ccc(OC)cc1[N+](=O)[O-]. The molecular weight excluding hydrogens is 236 g/mol. The van der Waals surface area contributed by atoms with Crippen molar-refractivity contribution in [3.05, 3.63) is 40.0 Å². The van der Waals surface area contributed by atoms with E-state index in [1.54, 1.807) is 19.1 Å². The van der Waals surface area contributed by atoms with Crippen molar-refractivity contribution < 1.29 is 14.4 Å². The van der Waals surface area contributed by atoms with Gasteiger partial charge in [0, 0.05) is 6.08 Å². The number of ether oxygens (including phenoxy) is 2. The molecule has 96 valence electrons. The summed E-state index contributed by atoms with van der Waals surface area (Å²) in [4.78, 5) is 10.4. The summed E-state index contributed by atoms with van der Waals surface area (Å²) in [6.45, 7) is 2.14. The zero-order valence-electron chi connectivity index (χ0n) is 10.2. The van der Waals surface area contributed by atoms with Gasteiger partial charge in [0.2, 0.25) is 5.90 Å². The zero-order valence-corrected chi connectivity index (χ0v) is 10.2. The van der Waals surface area contributed by atoms with Crippen LogP contribution < -0.4 is 4.74 Å². The zero-order chi connectivity index (χ0) is 13.5. The summed E-state index contributed by atoms with van der Waals surface area (Å²) in [5.74, 6) is 0.376. The summed E-state index contributed by atoms with van der Waals surface area (Å²) in [5.41, 5.74) is 0.320. The Morgan fingerprint density at radius 2 is 2.28 bits per heavy atom. The average molecular weight is 250 g/mol. The normalized spacial score (nSPS) is 10.3. The van der Waals surface area contributed by atoms with E-state index in [9.17, 15) is 10.1 Å². The van der Waals surface area contributed by atoms with E-state index in [2.05, 4.69) is 0 Å². The molecule has 0 fully saturated rings. The van der Waals surface area contributed by atoms with Gasteiger partial charge in [0.25, 0.3) is 5.69 Å². The first-order valence-electron chi connectivity index (χ1n) is 5.30. The van der Waals surface area contributed by atoms with Gasteiger partial charge in [-0.1, -0.05) is 0 Å². The second-order valence-corrected chi connectivity index (χ2v) is 3.31. The summed E-state index contributed by atoms with van der Waals surface area (Å²) in [5, 5.41) is 18.3. The fourth-order valence-corrected chi connectivity index (χ4v) is 1.32. The second-order valence-electron chi connectivity index (χ2n) is 3.31. The Morgan fingerprint density at radius 1 is 1.56 bits per heavy atom. The maximum Gasteiger partial charge on any atom is 0.280 e. The lowest BCUT2D eigenvalue weighted by Crippen LogP contribution is -1.98. The van der Waals surface area contributed by atoms with E-state index < -0.39 is 4.92 Å². The number of nitro benzene ring substituents is 1. The molecule has 0 atom stereocenters. The fourth-order valence-electron chi connectivity index (χ4n) is 1.32. The van der Waals surface area contributed by atoms with Crippen molar-refractivity contribution in [2.45, 2.75) is 6.92 Å². The standard InChI is InChI=1S/C12H14N2O4/c1-3-18-12(13)7-5-9-4-6-10(17-2)8-11(9)14(15)16/h4-8,13H,3H2,1-2H3/b7-5+,13-12?. The van der Waals surface area contributed by atoms with Gasteiger partial charge in [-0.05, 0) is 25.1 Å². The highest BCUT2D eigenvalue weighted by atomic mass is 16.6. The van der Waals surface area contributed by atoms with Gasteiger partial charge in [-0.25, -0.2) is 0 Å². The molecule has 1 rings (SSSR count). The number of methoxy groups -OCH3 is 1. The molecule has 1 N–H and O–H groups in total. The van der Waals surface area contributed by atoms with Crippen molar-refractivity contribution in [2.75, 3.05) is 13.7 Å². The maximum atomic E-state index is 10.9. The van der Waals surface area contributed by atoms with Gasteiger partial charge in [0.15, 0.2) is 0 Å². The predicted octanol–water partition coefficient (Wildman–Crippen LogP) is 2.63. The number of rotatable bonds is 5. The molecule has 0 saturated carbocycles. The molecule has 0 spiro atoms. The number of nitrogens with zero attached hydrogens (tertiary/aromatic N) is 1. The Hall–Kier alpha value is -2.37. The highest BCUT2D eigenvalue weighted by Gasteiger charge is 2.12. The Morgan fingerprint density at radius 3 is 2.83 bits per heavy atom. The third kappa shape index (κ3) is 3.58. The molecule has 0 aromatic heterocycles. The minimum Gasteiger partial charge on any atom is -0.497 e. The van der Waals surface area contributed by atoms with Gasteiger partial charge < -0.3 is 9.47 Å². The third-order valence-electron chi connectivity index (χ3n) is 2.15. The van der Waals surface area contributed by atoms with E-state index in [1.165, 1.54) is 25.3 Å². The molecule has 0 aliphatic carbocycles. The Labute approximate surface area is 104 Å².